The number of nitrogens with one attached hydrogen (secondary N) is 1. The molecule has 2 heterocycles. The summed E-state index contributed by atoms with van der Waals surface area (Å²) in [5.41, 5.74) is 3.44. The van der Waals surface area contributed by atoms with Crippen LogP contribution in [-0.2, 0) is 22.6 Å². The van der Waals surface area contributed by atoms with Gasteiger partial charge < -0.3 is 15.1 Å². The maximum atomic E-state index is 12.6. The molecule has 0 aromatic heterocycles. The molecule has 0 radical (unpaired) electrons. The fraction of sp³-hybridized carbons (Fsp3) is 0.348. The molecule has 2 aliphatic heterocycles. The summed E-state index contributed by atoms with van der Waals surface area (Å²) >= 11 is 0. The Morgan fingerprint density at radius 1 is 1.03 bits per heavy atom. The van der Waals surface area contributed by atoms with E-state index >= 15 is 0 Å². The highest BCUT2D eigenvalue weighted by Gasteiger charge is 2.41. The second-order valence-corrected chi connectivity index (χ2v) is 7.64. The number of anilines is 1. The van der Waals surface area contributed by atoms with Crippen LogP contribution < -0.4 is 5.32 Å². The van der Waals surface area contributed by atoms with Crippen molar-refractivity contribution in [2.45, 2.75) is 38.8 Å². The largest absolute Gasteiger partial charge is 0.329 e. The highest BCUT2D eigenvalue weighted by Crippen LogP contribution is 2.24. The lowest BCUT2D eigenvalue weighted by Crippen LogP contribution is -2.56. The van der Waals surface area contributed by atoms with Gasteiger partial charge in [0, 0.05) is 24.3 Å². The number of carbonyl (C=O) groups excluding carboxylic acids is 3. The quantitative estimate of drug-likeness (QED) is 0.852. The summed E-state index contributed by atoms with van der Waals surface area (Å²) in [6, 6.07) is 14.7. The Labute approximate surface area is 170 Å². The predicted octanol–water partition coefficient (Wildman–Crippen LogP) is 2.83. The molecule has 1 unspecified atom stereocenters. The molecule has 150 valence electrons. The summed E-state index contributed by atoms with van der Waals surface area (Å²) in [6.07, 6.45) is 2.60. The van der Waals surface area contributed by atoms with Gasteiger partial charge in [-0.1, -0.05) is 31.2 Å². The van der Waals surface area contributed by atoms with Crippen LogP contribution in [0.15, 0.2) is 48.5 Å². The van der Waals surface area contributed by atoms with Crippen LogP contribution in [0.5, 0.6) is 0 Å². The van der Waals surface area contributed by atoms with Crippen molar-refractivity contribution in [2.24, 2.45) is 0 Å². The highest BCUT2D eigenvalue weighted by atomic mass is 16.2. The van der Waals surface area contributed by atoms with Crippen molar-refractivity contribution >= 4 is 23.4 Å². The molecular formula is C23H25N3O3. The molecule has 2 saturated heterocycles. The van der Waals surface area contributed by atoms with E-state index < -0.39 is 0 Å². The van der Waals surface area contributed by atoms with Gasteiger partial charge in [0.2, 0.25) is 11.8 Å². The van der Waals surface area contributed by atoms with Crippen LogP contribution >= 0.6 is 0 Å². The third-order valence-corrected chi connectivity index (χ3v) is 5.71. The normalized spacial score (nSPS) is 18.7. The number of piperazine rings is 1. The van der Waals surface area contributed by atoms with E-state index in [2.05, 4.69) is 12.2 Å². The lowest BCUT2D eigenvalue weighted by Gasteiger charge is -2.36. The Kier molecular flexibility index (Phi) is 5.34. The van der Waals surface area contributed by atoms with Gasteiger partial charge in [-0.3, -0.25) is 14.4 Å². The van der Waals surface area contributed by atoms with Gasteiger partial charge >= 0.3 is 0 Å². The fourth-order valence-corrected chi connectivity index (χ4v) is 4.01. The first kappa shape index (κ1) is 19.2. The Hall–Kier alpha value is -3.15. The zero-order chi connectivity index (χ0) is 20.4. The van der Waals surface area contributed by atoms with Gasteiger partial charge in [-0.25, -0.2) is 0 Å². The number of hydrogen-bond acceptors (Lipinski definition) is 3. The number of nitrogens with zero attached hydrogens (tertiary/aromatic N) is 2. The van der Waals surface area contributed by atoms with E-state index in [1.54, 1.807) is 21.9 Å². The van der Waals surface area contributed by atoms with Crippen LogP contribution in [-0.4, -0.2) is 46.7 Å². The summed E-state index contributed by atoms with van der Waals surface area (Å²) in [5, 5.41) is 2.89. The Morgan fingerprint density at radius 3 is 2.41 bits per heavy atom. The van der Waals surface area contributed by atoms with Crippen LogP contribution in [0.25, 0.3) is 0 Å². The lowest BCUT2D eigenvalue weighted by atomic mass is 10.1. The molecule has 6 heteroatoms. The molecule has 2 aliphatic rings. The molecule has 2 aromatic carbocycles. The number of hydrogen-bond donors (Lipinski definition) is 1. The molecule has 0 bridgehead atoms. The van der Waals surface area contributed by atoms with Crippen molar-refractivity contribution in [2.75, 3.05) is 18.4 Å². The minimum absolute atomic E-state index is 0.0252. The van der Waals surface area contributed by atoms with Crippen molar-refractivity contribution in [3.8, 4) is 0 Å². The number of carbonyl (C=O) groups is 3. The Balaban J connectivity index is 1.39. The SMILES string of the molecule is CCc1ccc(NC(=O)c2ccc(CN3CC(=O)N4CCCC4C3=O)cc2)cc1. The van der Waals surface area contributed by atoms with Gasteiger partial charge in [0.25, 0.3) is 5.91 Å². The number of amides is 3. The summed E-state index contributed by atoms with van der Waals surface area (Å²) in [7, 11) is 0. The van der Waals surface area contributed by atoms with Crippen molar-refractivity contribution < 1.29 is 14.4 Å². The molecule has 2 fully saturated rings. The molecule has 1 N–H and O–H groups in total. The molecule has 3 amide bonds. The van der Waals surface area contributed by atoms with Crippen molar-refractivity contribution in [1.29, 1.82) is 0 Å². The first-order chi connectivity index (χ1) is 14.0. The van der Waals surface area contributed by atoms with Crippen molar-refractivity contribution in [3.05, 3.63) is 65.2 Å². The number of aryl methyl sites for hydroxylation is 1. The maximum absolute atomic E-state index is 12.6. The van der Waals surface area contributed by atoms with Crippen LogP contribution in [0.4, 0.5) is 5.69 Å². The predicted molar refractivity (Wildman–Crippen MR) is 110 cm³/mol. The minimum atomic E-state index is -0.291. The van der Waals surface area contributed by atoms with E-state index in [4.69, 9.17) is 0 Å². The molecule has 1 atom stereocenters. The van der Waals surface area contributed by atoms with E-state index in [0.717, 1.165) is 30.5 Å². The lowest BCUT2D eigenvalue weighted by molar-refractivity contribution is -0.154. The monoisotopic (exact) mass is 391 g/mol. The van der Waals surface area contributed by atoms with Crippen LogP contribution in [0, 0.1) is 0 Å². The molecule has 0 saturated carbocycles. The van der Waals surface area contributed by atoms with E-state index in [1.807, 2.05) is 36.4 Å². The molecule has 4 rings (SSSR count). The summed E-state index contributed by atoms with van der Waals surface area (Å²) in [5.74, 6) is -0.122. The standard InChI is InChI=1S/C23H25N3O3/c1-2-16-7-11-19(12-8-16)24-22(28)18-9-5-17(6-10-18)14-25-15-21(27)26-13-3-4-20(26)23(25)29/h5-12,20H,2-4,13-15H2,1H3,(H,24,28). The van der Waals surface area contributed by atoms with Gasteiger partial charge in [0.05, 0.1) is 0 Å². The molecule has 29 heavy (non-hydrogen) atoms. The first-order valence-corrected chi connectivity index (χ1v) is 10.1. The summed E-state index contributed by atoms with van der Waals surface area (Å²) in [4.78, 5) is 40.7. The smallest absolute Gasteiger partial charge is 0.255 e. The van der Waals surface area contributed by atoms with Gasteiger partial charge in [-0.2, -0.15) is 0 Å². The molecule has 2 aromatic rings. The second kappa shape index (κ2) is 8.07. The zero-order valence-electron chi connectivity index (χ0n) is 16.6. The number of rotatable bonds is 5. The van der Waals surface area contributed by atoms with E-state index in [9.17, 15) is 14.4 Å². The fourth-order valence-electron chi connectivity index (χ4n) is 4.01. The van der Waals surface area contributed by atoms with Gasteiger partial charge in [-0.15, -0.1) is 0 Å². The number of benzene rings is 2. The van der Waals surface area contributed by atoms with E-state index in [-0.39, 0.29) is 30.3 Å². The average Bonchev–Trinajstić information content (AvgIpc) is 3.24. The Bertz CT molecular complexity index is 921. The van der Waals surface area contributed by atoms with Crippen LogP contribution in [0.1, 0.15) is 41.3 Å². The topological polar surface area (TPSA) is 69.7 Å². The van der Waals surface area contributed by atoms with Crippen molar-refractivity contribution in [1.82, 2.24) is 9.80 Å². The molecule has 0 spiro atoms. The number of fused-ring (bicyclic) bond motifs is 1. The molecular weight excluding hydrogens is 366 g/mol. The molecule has 6 nitrogen and oxygen atoms in total. The molecule has 0 aliphatic carbocycles. The van der Waals surface area contributed by atoms with E-state index in [1.165, 1.54) is 5.56 Å². The maximum Gasteiger partial charge on any atom is 0.255 e. The van der Waals surface area contributed by atoms with Crippen molar-refractivity contribution in [3.63, 3.8) is 0 Å². The van der Waals surface area contributed by atoms with Gasteiger partial charge in [0.1, 0.15) is 12.6 Å². The first-order valence-electron chi connectivity index (χ1n) is 10.1. The Morgan fingerprint density at radius 2 is 1.72 bits per heavy atom. The average molecular weight is 391 g/mol. The zero-order valence-corrected chi connectivity index (χ0v) is 16.6. The summed E-state index contributed by atoms with van der Waals surface area (Å²) in [6.45, 7) is 3.29. The van der Waals surface area contributed by atoms with Gasteiger partial charge in [0.15, 0.2) is 0 Å². The third-order valence-electron chi connectivity index (χ3n) is 5.71. The second-order valence-electron chi connectivity index (χ2n) is 7.64. The van der Waals surface area contributed by atoms with Gasteiger partial charge in [-0.05, 0) is 54.7 Å². The summed E-state index contributed by atoms with van der Waals surface area (Å²) < 4.78 is 0. The minimum Gasteiger partial charge on any atom is -0.329 e. The van der Waals surface area contributed by atoms with E-state index in [0.29, 0.717) is 18.7 Å². The van der Waals surface area contributed by atoms with Crippen LogP contribution in [0.3, 0.4) is 0 Å². The highest BCUT2D eigenvalue weighted by molar-refractivity contribution is 6.04. The third kappa shape index (κ3) is 4.01. The van der Waals surface area contributed by atoms with Crippen LogP contribution in [0.2, 0.25) is 0 Å².